The van der Waals surface area contributed by atoms with Gasteiger partial charge in [0, 0.05) is 10.6 Å². The molecule has 0 heterocycles. The number of hydrogen-bond acceptors (Lipinski definition) is 4. The van der Waals surface area contributed by atoms with Gasteiger partial charge in [0.1, 0.15) is 11.5 Å². The van der Waals surface area contributed by atoms with Crippen LogP contribution in [-0.2, 0) is 16.6 Å². The van der Waals surface area contributed by atoms with Crippen molar-refractivity contribution in [1.29, 1.82) is 0 Å². The first-order valence-electron chi connectivity index (χ1n) is 7.83. The summed E-state index contributed by atoms with van der Waals surface area (Å²) in [5.74, 6) is 0.922. The van der Waals surface area contributed by atoms with Crippen LogP contribution in [0.25, 0.3) is 0 Å². The Bertz CT molecular complexity index is 1050. The normalized spacial score (nSPS) is 11.2. The van der Waals surface area contributed by atoms with E-state index in [4.69, 9.17) is 27.9 Å². The van der Waals surface area contributed by atoms with Crippen LogP contribution in [0.2, 0.25) is 10.0 Å². The van der Waals surface area contributed by atoms with E-state index in [0.29, 0.717) is 27.1 Å². The fourth-order valence-corrected chi connectivity index (χ4v) is 3.81. The van der Waals surface area contributed by atoms with E-state index in [1.807, 2.05) is 0 Å². The molecule has 5 nitrogen and oxygen atoms in total. The van der Waals surface area contributed by atoms with Crippen molar-refractivity contribution in [2.45, 2.75) is 11.5 Å². The molecule has 0 aliphatic rings. The number of benzene rings is 3. The van der Waals surface area contributed by atoms with Crippen LogP contribution < -0.4 is 9.46 Å². The molecule has 0 aliphatic heterocycles. The van der Waals surface area contributed by atoms with E-state index in [1.165, 1.54) is 36.4 Å². The van der Waals surface area contributed by atoms with E-state index < -0.39 is 10.0 Å². The van der Waals surface area contributed by atoms with Crippen molar-refractivity contribution in [2.75, 3.05) is 4.72 Å². The lowest BCUT2D eigenvalue weighted by atomic mass is 10.2. The summed E-state index contributed by atoms with van der Waals surface area (Å²) in [6, 6.07) is 17.4. The van der Waals surface area contributed by atoms with Gasteiger partial charge < -0.3 is 9.84 Å². The Labute approximate surface area is 167 Å². The fourth-order valence-electron chi connectivity index (χ4n) is 2.34. The zero-order valence-electron chi connectivity index (χ0n) is 13.9. The molecule has 0 radical (unpaired) electrons. The van der Waals surface area contributed by atoms with Crippen LogP contribution in [0.4, 0.5) is 5.69 Å². The van der Waals surface area contributed by atoms with E-state index in [9.17, 15) is 13.5 Å². The van der Waals surface area contributed by atoms with Gasteiger partial charge >= 0.3 is 0 Å². The molecule has 8 heteroatoms. The number of aliphatic hydroxyl groups is 1. The Morgan fingerprint density at radius 1 is 0.963 bits per heavy atom. The summed E-state index contributed by atoms with van der Waals surface area (Å²) in [6.45, 7) is -0.344. The lowest BCUT2D eigenvalue weighted by molar-refractivity contribution is 0.282. The number of anilines is 1. The Morgan fingerprint density at radius 3 is 2.33 bits per heavy atom. The third kappa shape index (κ3) is 4.73. The van der Waals surface area contributed by atoms with Crippen molar-refractivity contribution in [1.82, 2.24) is 0 Å². The summed E-state index contributed by atoms with van der Waals surface area (Å²) in [5.41, 5.74) is 0.642. The molecule has 3 rings (SSSR count). The van der Waals surface area contributed by atoms with Crippen LogP contribution in [0.15, 0.2) is 71.6 Å². The maximum absolute atomic E-state index is 12.6. The minimum Gasteiger partial charge on any atom is -0.456 e. The van der Waals surface area contributed by atoms with Crippen LogP contribution in [-0.4, -0.2) is 13.5 Å². The number of rotatable bonds is 6. The Balaban J connectivity index is 1.81. The second-order valence-corrected chi connectivity index (χ2v) is 8.10. The minimum absolute atomic E-state index is 0.0489. The molecule has 3 aromatic carbocycles. The number of para-hydroxylation sites is 1. The van der Waals surface area contributed by atoms with Gasteiger partial charge in [-0.2, -0.15) is 0 Å². The average Bonchev–Trinajstić information content (AvgIpc) is 2.65. The van der Waals surface area contributed by atoms with Gasteiger partial charge in [-0.1, -0.05) is 35.3 Å². The van der Waals surface area contributed by atoms with Crippen molar-refractivity contribution in [2.24, 2.45) is 0 Å². The van der Waals surface area contributed by atoms with Gasteiger partial charge in [-0.3, -0.25) is 4.72 Å². The van der Waals surface area contributed by atoms with Gasteiger partial charge in [-0.15, -0.1) is 0 Å². The van der Waals surface area contributed by atoms with E-state index in [1.54, 1.807) is 30.3 Å². The first-order chi connectivity index (χ1) is 12.9. The lowest BCUT2D eigenvalue weighted by Crippen LogP contribution is -2.14. The van der Waals surface area contributed by atoms with Gasteiger partial charge in [-0.25, -0.2) is 8.42 Å². The molecule has 0 spiro atoms. The molecule has 27 heavy (non-hydrogen) atoms. The van der Waals surface area contributed by atoms with Crippen LogP contribution in [0.5, 0.6) is 11.5 Å². The molecule has 0 unspecified atom stereocenters. The van der Waals surface area contributed by atoms with Gasteiger partial charge in [0.2, 0.25) is 0 Å². The molecule has 0 atom stereocenters. The van der Waals surface area contributed by atoms with Crippen LogP contribution in [0, 0.1) is 0 Å². The first kappa shape index (κ1) is 19.5. The highest BCUT2D eigenvalue weighted by Crippen LogP contribution is 2.30. The second-order valence-electron chi connectivity index (χ2n) is 5.57. The van der Waals surface area contributed by atoms with Crippen LogP contribution in [0.1, 0.15) is 5.56 Å². The summed E-state index contributed by atoms with van der Waals surface area (Å²) >= 11 is 11.9. The highest BCUT2D eigenvalue weighted by Gasteiger charge is 2.16. The van der Waals surface area contributed by atoms with Gasteiger partial charge in [0.05, 0.1) is 22.2 Å². The topological polar surface area (TPSA) is 75.6 Å². The Morgan fingerprint density at radius 2 is 1.67 bits per heavy atom. The predicted molar refractivity (Wildman–Crippen MR) is 106 cm³/mol. The number of aliphatic hydroxyl groups excluding tert-OH is 1. The van der Waals surface area contributed by atoms with Crippen molar-refractivity contribution in [3.8, 4) is 11.5 Å². The van der Waals surface area contributed by atoms with E-state index in [2.05, 4.69) is 4.72 Å². The summed E-state index contributed by atoms with van der Waals surface area (Å²) < 4.78 is 33.3. The molecular weight excluding hydrogens is 409 g/mol. The predicted octanol–water partition coefficient (Wildman–Crippen LogP) is 5.08. The molecule has 0 saturated heterocycles. The summed E-state index contributed by atoms with van der Waals surface area (Å²) in [6.07, 6.45) is 0. The van der Waals surface area contributed by atoms with Crippen molar-refractivity contribution >= 4 is 38.9 Å². The highest BCUT2D eigenvalue weighted by molar-refractivity contribution is 7.92. The number of hydrogen-bond donors (Lipinski definition) is 2. The zero-order chi connectivity index (χ0) is 19.4. The smallest absolute Gasteiger partial charge is 0.261 e. The monoisotopic (exact) mass is 423 g/mol. The first-order valence-corrected chi connectivity index (χ1v) is 10.1. The molecule has 0 saturated carbocycles. The van der Waals surface area contributed by atoms with Crippen LogP contribution >= 0.6 is 23.2 Å². The van der Waals surface area contributed by atoms with Gasteiger partial charge in [-0.05, 0) is 54.6 Å². The third-order valence-electron chi connectivity index (χ3n) is 3.68. The average molecular weight is 424 g/mol. The molecule has 3 aromatic rings. The maximum atomic E-state index is 12.6. The molecule has 0 aliphatic carbocycles. The molecular formula is C19H15Cl2NO4S. The molecule has 0 aromatic heterocycles. The number of ether oxygens (including phenoxy) is 1. The fraction of sp³-hybridized carbons (Fsp3) is 0.0526. The SMILES string of the molecule is O=S(=O)(Nc1ccc(Cl)cc1CO)c1ccc(Oc2ccccc2Cl)cc1. The number of sulfonamides is 1. The van der Waals surface area contributed by atoms with Crippen molar-refractivity contribution < 1.29 is 18.3 Å². The van der Waals surface area contributed by atoms with Crippen molar-refractivity contribution in [3.05, 3.63) is 82.3 Å². The third-order valence-corrected chi connectivity index (χ3v) is 5.61. The standard InChI is InChI=1S/C19H15Cl2NO4S/c20-14-5-10-18(13(11-14)12-23)22-27(24,25)16-8-6-15(7-9-16)26-19-4-2-1-3-17(19)21/h1-11,22-23H,12H2. The molecule has 2 N–H and O–H groups in total. The molecule has 0 bridgehead atoms. The summed E-state index contributed by atoms with van der Waals surface area (Å²) in [5, 5.41) is 10.2. The second kappa shape index (κ2) is 8.19. The molecule has 0 amide bonds. The Kier molecular flexibility index (Phi) is 5.92. The lowest BCUT2D eigenvalue weighted by Gasteiger charge is -2.12. The number of halogens is 2. The van der Waals surface area contributed by atoms with Crippen LogP contribution in [0.3, 0.4) is 0 Å². The van der Waals surface area contributed by atoms with Gasteiger partial charge in [0.25, 0.3) is 10.0 Å². The highest BCUT2D eigenvalue weighted by atomic mass is 35.5. The Hall–Kier alpha value is -2.25. The minimum atomic E-state index is -3.84. The summed E-state index contributed by atoms with van der Waals surface area (Å²) in [7, 11) is -3.84. The maximum Gasteiger partial charge on any atom is 0.261 e. The zero-order valence-corrected chi connectivity index (χ0v) is 16.2. The molecule has 0 fully saturated rings. The van der Waals surface area contributed by atoms with Gasteiger partial charge in [0.15, 0.2) is 0 Å². The molecule has 140 valence electrons. The largest absolute Gasteiger partial charge is 0.456 e. The van der Waals surface area contributed by atoms with E-state index in [-0.39, 0.29) is 17.2 Å². The van der Waals surface area contributed by atoms with E-state index in [0.717, 1.165) is 0 Å². The number of nitrogens with one attached hydrogen (secondary N) is 1. The quantitative estimate of drug-likeness (QED) is 0.579. The van der Waals surface area contributed by atoms with Crippen molar-refractivity contribution in [3.63, 3.8) is 0 Å². The van der Waals surface area contributed by atoms with E-state index >= 15 is 0 Å². The summed E-state index contributed by atoms with van der Waals surface area (Å²) in [4.78, 5) is 0.0489.